The van der Waals surface area contributed by atoms with Gasteiger partial charge in [-0.3, -0.25) is 16.1 Å². The van der Waals surface area contributed by atoms with Gasteiger partial charge >= 0.3 is 5.97 Å². The van der Waals surface area contributed by atoms with Crippen LogP contribution in [0.2, 0.25) is 0 Å². The molecule has 72 valence electrons. The number of carbonyl (C=O) groups is 1. The molecule has 0 saturated heterocycles. The molecule has 0 saturated carbocycles. The van der Waals surface area contributed by atoms with Crippen molar-refractivity contribution in [2.45, 2.75) is 32.6 Å². The molecule has 3 N–H and O–H groups in total. The second-order valence-electron chi connectivity index (χ2n) is 2.63. The Bertz CT molecular complexity index is 106. The van der Waals surface area contributed by atoms with Crippen LogP contribution >= 0.6 is 0 Å². The molecule has 12 heavy (non-hydrogen) atoms. The molecule has 0 aromatic rings. The van der Waals surface area contributed by atoms with Crippen LogP contribution in [0.15, 0.2) is 0 Å². The van der Waals surface area contributed by atoms with Crippen molar-refractivity contribution in [3.8, 4) is 0 Å². The molecule has 0 amide bonds. The number of hydrazine groups is 1. The van der Waals surface area contributed by atoms with Crippen molar-refractivity contribution in [2.24, 2.45) is 5.84 Å². The van der Waals surface area contributed by atoms with Gasteiger partial charge in [0, 0.05) is 13.0 Å². The first-order chi connectivity index (χ1) is 5.81. The number of hydrogen-bond donors (Lipinski definition) is 2. The van der Waals surface area contributed by atoms with Crippen LogP contribution in [-0.2, 0) is 9.53 Å². The lowest BCUT2D eigenvalue weighted by Gasteiger charge is -2.02. The van der Waals surface area contributed by atoms with E-state index in [1.807, 2.05) is 0 Å². The second kappa shape index (κ2) is 8.49. The van der Waals surface area contributed by atoms with Crippen LogP contribution < -0.4 is 11.3 Å². The van der Waals surface area contributed by atoms with Crippen LogP contribution in [0, 0.1) is 0 Å². The van der Waals surface area contributed by atoms with E-state index in [-0.39, 0.29) is 5.97 Å². The van der Waals surface area contributed by atoms with Crippen molar-refractivity contribution in [1.82, 2.24) is 5.43 Å². The van der Waals surface area contributed by atoms with Gasteiger partial charge < -0.3 is 4.74 Å². The lowest BCUT2D eigenvalue weighted by atomic mass is 10.2. The SMILES string of the molecule is CCCCCC(=O)OCCNN. The van der Waals surface area contributed by atoms with E-state index in [9.17, 15) is 4.79 Å². The maximum absolute atomic E-state index is 10.9. The van der Waals surface area contributed by atoms with Gasteiger partial charge in [0.15, 0.2) is 0 Å². The fourth-order valence-electron chi connectivity index (χ4n) is 0.815. The fourth-order valence-corrected chi connectivity index (χ4v) is 0.815. The van der Waals surface area contributed by atoms with Crippen molar-refractivity contribution < 1.29 is 9.53 Å². The molecule has 0 aromatic heterocycles. The first-order valence-corrected chi connectivity index (χ1v) is 4.40. The van der Waals surface area contributed by atoms with Crippen molar-refractivity contribution in [3.63, 3.8) is 0 Å². The van der Waals surface area contributed by atoms with E-state index in [0.717, 1.165) is 19.3 Å². The Kier molecular flexibility index (Phi) is 8.05. The van der Waals surface area contributed by atoms with E-state index in [2.05, 4.69) is 12.3 Å². The van der Waals surface area contributed by atoms with Gasteiger partial charge in [0.25, 0.3) is 0 Å². The molecule has 0 aromatic carbocycles. The Morgan fingerprint density at radius 2 is 2.25 bits per heavy atom. The number of carbonyl (C=O) groups excluding carboxylic acids is 1. The lowest BCUT2D eigenvalue weighted by molar-refractivity contribution is -0.143. The molecule has 0 radical (unpaired) electrons. The Hall–Kier alpha value is -0.610. The van der Waals surface area contributed by atoms with Crippen molar-refractivity contribution in [3.05, 3.63) is 0 Å². The van der Waals surface area contributed by atoms with E-state index >= 15 is 0 Å². The minimum Gasteiger partial charge on any atom is -0.464 e. The molecular weight excluding hydrogens is 156 g/mol. The number of ether oxygens (including phenoxy) is 1. The molecule has 4 nitrogen and oxygen atoms in total. The van der Waals surface area contributed by atoms with Crippen LogP contribution in [0.3, 0.4) is 0 Å². The first kappa shape index (κ1) is 11.4. The number of rotatable bonds is 7. The number of nitrogens with two attached hydrogens (primary N) is 1. The summed E-state index contributed by atoms with van der Waals surface area (Å²) in [6.45, 7) is 2.98. The summed E-state index contributed by atoms with van der Waals surface area (Å²) >= 11 is 0. The van der Waals surface area contributed by atoms with Gasteiger partial charge in [-0.25, -0.2) is 0 Å². The minimum atomic E-state index is -0.126. The highest BCUT2D eigenvalue weighted by atomic mass is 16.5. The Morgan fingerprint density at radius 1 is 1.50 bits per heavy atom. The summed E-state index contributed by atoms with van der Waals surface area (Å²) in [7, 11) is 0. The average molecular weight is 174 g/mol. The second-order valence-corrected chi connectivity index (χ2v) is 2.63. The molecule has 0 rings (SSSR count). The number of hydrogen-bond acceptors (Lipinski definition) is 4. The summed E-state index contributed by atoms with van der Waals surface area (Å²) in [6, 6.07) is 0. The van der Waals surface area contributed by atoms with Crippen LogP contribution in [0.4, 0.5) is 0 Å². The minimum absolute atomic E-state index is 0.126. The smallest absolute Gasteiger partial charge is 0.305 e. The van der Waals surface area contributed by atoms with Gasteiger partial charge in [0.2, 0.25) is 0 Å². The summed E-state index contributed by atoms with van der Waals surface area (Å²) in [4.78, 5) is 10.9. The van der Waals surface area contributed by atoms with Gasteiger partial charge in [-0.1, -0.05) is 19.8 Å². The highest BCUT2D eigenvalue weighted by Crippen LogP contribution is 1.99. The Balaban J connectivity index is 3.10. The topological polar surface area (TPSA) is 64.3 Å². The van der Waals surface area contributed by atoms with Crippen molar-refractivity contribution in [2.75, 3.05) is 13.2 Å². The normalized spacial score (nSPS) is 9.83. The molecule has 0 atom stereocenters. The zero-order valence-electron chi connectivity index (χ0n) is 7.64. The van der Waals surface area contributed by atoms with Gasteiger partial charge in [-0.2, -0.15) is 0 Å². The largest absolute Gasteiger partial charge is 0.464 e. The first-order valence-electron chi connectivity index (χ1n) is 4.40. The number of nitrogens with one attached hydrogen (secondary N) is 1. The van der Waals surface area contributed by atoms with Crippen LogP contribution in [0.25, 0.3) is 0 Å². The highest BCUT2D eigenvalue weighted by molar-refractivity contribution is 5.69. The lowest BCUT2D eigenvalue weighted by Crippen LogP contribution is -2.27. The molecule has 0 spiro atoms. The molecule has 0 heterocycles. The van der Waals surface area contributed by atoms with Crippen molar-refractivity contribution in [1.29, 1.82) is 0 Å². The summed E-state index contributed by atoms with van der Waals surface area (Å²) in [6.07, 6.45) is 3.66. The Labute approximate surface area is 73.4 Å². The maximum Gasteiger partial charge on any atom is 0.305 e. The van der Waals surface area contributed by atoms with Crippen LogP contribution in [0.5, 0.6) is 0 Å². The van der Waals surface area contributed by atoms with E-state index in [1.165, 1.54) is 0 Å². The van der Waals surface area contributed by atoms with Gasteiger partial charge in [-0.05, 0) is 6.42 Å². The quantitative estimate of drug-likeness (QED) is 0.256. The standard InChI is InChI=1S/C8H18N2O2/c1-2-3-4-5-8(11)12-7-6-10-9/h10H,2-7,9H2,1H3. The molecule has 0 fully saturated rings. The van der Waals surface area contributed by atoms with Crippen molar-refractivity contribution >= 4 is 5.97 Å². The zero-order valence-corrected chi connectivity index (χ0v) is 7.64. The molecule has 0 aliphatic heterocycles. The predicted molar refractivity (Wildman–Crippen MR) is 47.3 cm³/mol. The van der Waals surface area contributed by atoms with Crippen LogP contribution in [-0.4, -0.2) is 19.1 Å². The van der Waals surface area contributed by atoms with E-state index in [0.29, 0.717) is 19.6 Å². The summed E-state index contributed by atoms with van der Waals surface area (Å²) in [5, 5.41) is 0. The van der Waals surface area contributed by atoms with Crippen LogP contribution in [0.1, 0.15) is 32.6 Å². The van der Waals surface area contributed by atoms with E-state index in [4.69, 9.17) is 10.6 Å². The number of unbranched alkanes of at least 4 members (excludes halogenated alkanes) is 2. The molecule has 0 aliphatic carbocycles. The molecular formula is C8H18N2O2. The third-order valence-electron chi connectivity index (χ3n) is 1.49. The Morgan fingerprint density at radius 3 is 2.83 bits per heavy atom. The monoisotopic (exact) mass is 174 g/mol. The van der Waals surface area contributed by atoms with E-state index < -0.39 is 0 Å². The molecule has 4 heteroatoms. The number of esters is 1. The zero-order chi connectivity index (χ0) is 9.23. The average Bonchev–Trinajstić information content (AvgIpc) is 2.06. The molecule has 0 bridgehead atoms. The summed E-state index contributed by atoms with van der Waals surface area (Å²) < 4.78 is 4.85. The predicted octanol–water partition coefficient (Wildman–Crippen LogP) is 0.573. The summed E-state index contributed by atoms with van der Waals surface area (Å²) in [5.74, 6) is 4.87. The van der Waals surface area contributed by atoms with Gasteiger partial charge in [0.05, 0.1) is 0 Å². The maximum atomic E-state index is 10.9. The third-order valence-corrected chi connectivity index (χ3v) is 1.49. The fraction of sp³-hybridized carbons (Fsp3) is 0.875. The third kappa shape index (κ3) is 7.50. The van der Waals surface area contributed by atoms with E-state index in [1.54, 1.807) is 0 Å². The molecule has 0 unspecified atom stereocenters. The molecule has 0 aliphatic rings. The highest BCUT2D eigenvalue weighted by Gasteiger charge is 2.00. The summed E-state index contributed by atoms with van der Waals surface area (Å²) in [5.41, 5.74) is 2.41. The van der Waals surface area contributed by atoms with Gasteiger partial charge in [0.1, 0.15) is 6.61 Å². The van der Waals surface area contributed by atoms with Gasteiger partial charge in [-0.15, -0.1) is 0 Å².